The standard InChI is InChI=1S/C15H15N5O3/c1-2-22-12(21)8-23-10-5-3-9(4-6-10)13-11(7-16)14(17)20-15(18)19-13/h3-6H,2,8H2,1H3,(H4,17,18,19,20). The summed E-state index contributed by atoms with van der Waals surface area (Å²) < 4.78 is 10.1. The Kier molecular flexibility index (Phi) is 4.94. The first-order valence-electron chi connectivity index (χ1n) is 6.77. The molecule has 0 atom stereocenters. The van der Waals surface area contributed by atoms with Crippen molar-refractivity contribution < 1.29 is 14.3 Å². The Morgan fingerprint density at radius 2 is 1.96 bits per heavy atom. The lowest BCUT2D eigenvalue weighted by Gasteiger charge is -2.08. The molecule has 0 unspecified atom stereocenters. The fourth-order valence-corrected chi connectivity index (χ4v) is 1.87. The van der Waals surface area contributed by atoms with E-state index in [1.165, 1.54) is 0 Å². The zero-order valence-corrected chi connectivity index (χ0v) is 12.4. The largest absolute Gasteiger partial charge is 0.482 e. The Bertz CT molecular complexity index is 753. The van der Waals surface area contributed by atoms with Gasteiger partial charge in [-0.2, -0.15) is 10.2 Å². The van der Waals surface area contributed by atoms with E-state index in [-0.39, 0.29) is 23.9 Å². The van der Waals surface area contributed by atoms with Crippen LogP contribution >= 0.6 is 0 Å². The summed E-state index contributed by atoms with van der Waals surface area (Å²) in [5.74, 6) is 0.0479. The minimum absolute atomic E-state index is 0.0147. The van der Waals surface area contributed by atoms with Gasteiger partial charge < -0.3 is 20.9 Å². The highest BCUT2D eigenvalue weighted by Gasteiger charge is 2.13. The number of hydrogen-bond donors (Lipinski definition) is 2. The maximum absolute atomic E-state index is 11.2. The van der Waals surface area contributed by atoms with Crippen LogP contribution in [0.25, 0.3) is 11.3 Å². The first-order chi connectivity index (χ1) is 11.0. The second-order valence-electron chi connectivity index (χ2n) is 4.42. The molecule has 118 valence electrons. The zero-order chi connectivity index (χ0) is 16.8. The molecule has 0 saturated heterocycles. The van der Waals surface area contributed by atoms with Gasteiger partial charge in [0.05, 0.1) is 12.3 Å². The molecular formula is C15H15N5O3. The molecule has 2 aromatic rings. The van der Waals surface area contributed by atoms with Gasteiger partial charge in [0.2, 0.25) is 5.95 Å². The maximum atomic E-state index is 11.2. The van der Waals surface area contributed by atoms with Gasteiger partial charge in [0.1, 0.15) is 23.2 Å². The zero-order valence-electron chi connectivity index (χ0n) is 12.4. The predicted octanol–water partition coefficient (Wildman–Crippen LogP) is 1.12. The average molecular weight is 313 g/mol. The molecule has 0 radical (unpaired) electrons. The van der Waals surface area contributed by atoms with Crippen LogP contribution in [0.5, 0.6) is 5.75 Å². The predicted molar refractivity (Wildman–Crippen MR) is 83.1 cm³/mol. The summed E-state index contributed by atoms with van der Waals surface area (Å²) >= 11 is 0. The number of nitrogens with zero attached hydrogens (tertiary/aromatic N) is 3. The molecule has 2 rings (SSSR count). The molecule has 8 heteroatoms. The van der Waals surface area contributed by atoms with Crippen molar-refractivity contribution in [3.8, 4) is 23.1 Å². The number of nitrogen functional groups attached to an aromatic ring is 2. The molecule has 0 saturated carbocycles. The van der Waals surface area contributed by atoms with Crippen molar-refractivity contribution in [2.75, 3.05) is 24.7 Å². The summed E-state index contributed by atoms with van der Waals surface area (Å²) in [6.07, 6.45) is 0. The Morgan fingerprint density at radius 1 is 1.26 bits per heavy atom. The molecule has 1 aromatic carbocycles. The van der Waals surface area contributed by atoms with Crippen LogP contribution in [0, 0.1) is 11.3 Å². The minimum Gasteiger partial charge on any atom is -0.482 e. The molecule has 4 N–H and O–H groups in total. The molecule has 0 bridgehead atoms. The van der Waals surface area contributed by atoms with E-state index < -0.39 is 5.97 Å². The third-order valence-electron chi connectivity index (χ3n) is 2.86. The van der Waals surface area contributed by atoms with Crippen LogP contribution in [-0.2, 0) is 9.53 Å². The Hall–Kier alpha value is -3.34. The van der Waals surface area contributed by atoms with Crippen molar-refractivity contribution in [2.45, 2.75) is 6.92 Å². The number of carbonyl (C=O) groups is 1. The van der Waals surface area contributed by atoms with Gasteiger partial charge in [-0.05, 0) is 31.2 Å². The number of hydrogen-bond acceptors (Lipinski definition) is 8. The monoisotopic (exact) mass is 313 g/mol. The number of benzene rings is 1. The molecule has 0 amide bonds. The third-order valence-corrected chi connectivity index (χ3v) is 2.86. The van der Waals surface area contributed by atoms with Crippen molar-refractivity contribution in [1.29, 1.82) is 5.26 Å². The second-order valence-corrected chi connectivity index (χ2v) is 4.42. The molecule has 0 spiro atoms. The highest BCUT2D eigenvalue weighted by molar-refractivity contribution is 5.73. The van der Waals surface area contributed by atoms with E-state index in [9.17, 15) is 10.1 Å². The first-order valence-corrected chi connectivity index (χ1v) is 6.77. The van der Waals surface area contributed by atoms with Gasteiger partial charge in [0.25, 0.3) is 0 Å². The van der Waals surface area contributed by atoms with Gasteiger partial charge >= 0.3 is 5.97 Å². The Morgan fingerprint density at radius 3 is 2.57 bits per heavy atom. The summed E-state index contributed by atoms with van der Waals surface area (Å²) in [4.78, 5) is 19.0. The summed E-state index contributed by atoms with van der Waals surface area (Å²) in [6, 6.07) is 8.61. The number of nitriles is 1. The summed E-state index contributed by atoms with van der Waals surface area (Å²) in [5.41, 5.74) is 12.4. The van der Waals surface area contributed by atoms with Gasteiger partial charge in [-0.3, -0.25) is 0 Å². The van der Waals surface area contributed by atoms with Gasteiger partial charge in [-0.25, -0.2) is 9.78 Å². The van der Waals surface area contributed by atoms with Crippen molar-refractivity contribution in [1.82, 2.24) is 9.97 Å². The number of esters is 1. The van der Waals surface area contributed by atoms with Crippen molar-refractivity contribution in [3.63, 3.8) is 0 Å². The van der Waals surface area contributed by atoms with Crippen LogP contribution in [0.4, 0.5) is 11.8 Å². The Labute approximate surface area is 132 Å². The van der Waals surface area contributed by atoms with Crippen LogP contribution in [0.2, 0.25) is 0 Å². The van der Waals surface area contributed by atoms with E-state index >= 15 is 0 Å². The van der Waals surface area contributed by atoms with E-state index in [1.54, 1.807) is 31.2 Å². The van der Waals surface area contributed by atoms with Crippen LogP contribution < -0.4 is 16.2 Å². The number of aromatic nitrogens is 2. The number of nitrogens with two attached hydrogens (primary N) is 2. The van der Waals surface area contributed by atoms with Crippen LogP contribution in [0.1, 0.15) is 12.5 Å². The maximum Gasteiger partial charge on any atom is 0.344 e. The molecule has 0 aliphatic carbocycles. The van der Waals surface area contributed by atoms with E-state index in [1.807, 2.05) is 6.07 Å². The number of anilines is 2. The third kappa shape index (κ3) is 3.85. The highest BCUT2D eigenvalue weighted by atomic mass is 16.6. The van der Waals surface area contributed by atoms with Crippen molar-refractivity contribution in [3.05, 3.63) is 29.8 Å². The van der Waals surface area contributed by atoms with Gasteiger partial charge in [0.15, 0.2) is 6.61 Å². The molecular weight excluding hydrogens is 298 g/mol. The van der Waals surface area contributed by atoms with E-state index in [2.05, 4.69) is 9.97 Å². The SMILES string of the molecule is CCOC(=O)COc1ccc(-c2nc(N)nc(N)c2C#N)cc1. The quantitative estimate of drug-likeness (QED) is 0.783. The number of carbonyl (C=O) groups excluding carboxylic acids is 1. The molecule has 23 heavy (non-hydrogen) atoms. The van der Waals surface area contributed by atoms with Crippen LogP contribution in [-0.4, -0.2) is 29.2 Å². The highest BCUT2D eigenvalue weighted by Crippen LogP contribution is 2.26. The lowest BCUT2D eigenvalue weighted by Crippen LogP contribution is -2.14. The van der Waals surface area contributed by atoms with Crippen molar-refractivity contribution in [2.24, 2.45) is 0 Å². The van der Waals surface area contributed by atoms with Gasteiger partial charge in [-0.15, -0.1) is 0 Å². The average Bonchev–Trinajstić information content (AvgIpc) is 2.53. The topological polar surface area (TPSA) is 137 Å². The summed E-state index contributed by atoms with van der Waals surface area (Å²) in [6.45, 7) is 1.84. The molecule has 0 aliphatic heterocycles. The summed E-state index contributed by atoms with van der Waals surface area (Å²) in [7, 11) is 0. The normalized spacial score (nSPS) is 9.91. The minimum atomic E-state index is -0.445. The number of ether oxygens (including phenoxy) is 2. The lowest BCUT2D eigenvalue weighted by atomic mass is 10.1. The van der Waals surface area contributed by atoms with Crippen LogP contribution in [0.3, 0.4) is 0 Å². The smallest absolute Gasteiger partial charge is 0.344 e. The molecule has 1 aromatic heterocycles. The van der Waals surface area contributed by atoms with E-state index in [0.29, 0.717) is 23.6 Å². The molecule has 1 heterocycles. The van der Waals surface area contributed by atoms with E-state index in [0.717, 1.165) is 0 Å². The van der Waals surface area contributed by atoms with Gasteiger partial charge in [0, 0.05) is 5.56 Å². The fraction of sp³-hybridized carbons (Fsp3) is 0.200. The van der Waals surface area contributed by atoms with Crippen molar-refractivity contribution >= 4 is 17.7 Å². The summed E-state index contributed by atoms with van der Waals surface area (Å²) in [5, 5.41) is 9.17. The Balaban J connectivity index is 2.21. The van der Waals surface area contributed by atoms with E-state index in [4.69, 9.17) is 20.9 Å². The van der Waals surface area contributed by atoms with Gasteiger partial charge in [-0.1, -0.05) is 0 Å². The molecule has 0 aliphatic rings. The molecule has 0 fully saturated rings. The second kappa shape index (κ2) is 7.09. The lowest BCUT2D eigenvalue weighted by molar-refractivity contribution is -0.145. The number of rotatable bonds is 5. The first kappa shape index (κ1) is 16.0. The van der Waals surface area contributed by atoms with Crippen LogP contribution in [0.15, 0.2) is 24.3 Å². The fourth-order valence-electron chi connectivity index (χ4n) is 1.87. The molecule has 8 nitrogen and oxygen atoms in total.